The topological polar surface area (TPSA) is 86.7 Å². The molecule has 17 heavy (non-hydrogen) atoms. The number of nitrogens with zero attached hydrogens (tertiary/aromatic N) is 1. The van der Waals surface area contributed by atoms with Crippen LogP contribution in [0.5, 0.6) is 0 Å². The number of carboxylic acids is 1. The van der Waals surface area contributed by atoms with Gasteiger partial charge < -0.3 is 10.4 Å². The molecule has 1 aliphatic rings. The number of thioether (sulfide) groups is 1. The van der Waals surface area contributed by atoms with Crippen molar-refractivity contribution < 1.29 is 19.5 Å². The monoisotopic (exact) mass is 260 g/mol. The van der Waals surface area contributed by atoms with E-state index in [9.17, 15) is 14.4 Å². The molecule has 0 aromatic rings. The second kappa shape index (κ2) is 4.95. The van der Waals surface area contributed by atoms with Crippen LogP contribution in [-0.4, -0.2) is 51.5 Å². The Balaban J connectivity index is 2.86. The zero-order valence-electron chi connectivity index (χ0n) is 10.0. The van der Waals surface area contributed by atoms with Crippen molar-refractivity contribution in [2.24, 2.45) is 0 Å². The Morgan fingerprint density at radius 1 is 1.53 bits per heavy atom. The summed E-state index contributed by atoms with van der Waals surface area (Å²) in [7, 11) is 0. The van der Waals surface area contributed by atoms with E-state index in [0.29, 0.717) is 6.42 Å². The lowest BCUT2D eigenvalue weighted by Crippen LogP contribution is -2.53. The molecule has 1 atom stereocenters. The lowest BCUT2D eigenvalue weighted by atomic mass is 10.0. The van der Waals surface area contributed by atoms with Gasteiger partial charge in [-0.1, -0.05) is 0 Å². The molecule has 0 aromatic carbocycles. The van der Waals surface area contributed by atoms with E-state index in [1.165, 1.54) is 13.8 Å². The second-order valence-corrected chi connectivity index (χ2v) is 5.31. The Bertz CT molecular complexity index is 356. The Hall–Kier alpha value is -1.24. The van der Waals surface area contributed by atoms with Gasteiger partial charge in [0, 0.05) is 0 Å². The van der Waals surface area contributed by atoms with Gasteiger partial charge in [0.25, 0.3) is 5.91 Å². The van der Waals surface area contributed by atoms with Crippen LogP contribution in [0.1, 0.15) is 20.3 Å². The summed E-state index contributed by atoms with van der Waals surface area (Å²) >= 11 is 1.57. The van der Waals surface area contributed by atoms with E-state index >= 15 is 0 Å². The minimum atomic E-state index is -1.52. The van der Waals surface area contributed by atoms with Crippen LogP contribution in [0.4, 0.5) is 4.79 Å². The zero-order chi connectivity index (χ0) is 13.2. The fourth-order valence-electron chi connectivity index (χ4n) is 1.59. The normalized spacial score (nSPS) is 20.6. The van der Waals surface area contributed by atoms with Crippen LogP contribution in [-0.2, 0) is 9.59 Å². The van der Waals surface area contributed by atoms with Crippen LogP contribution < -0.4 is 5.32 Å². The Kier molecular flexibility index (Phi) is 4.03. The van der Waals surface area contributed by atoms with Crippen molar-refractivity contribution in [3.63, 3.8) is 0 Å². The zero-order valence-corrected chi connectivity index (χ0v) is 10.8. The predicted molar refractivity (Wildman–Crippen MR) is 63.9 cm³/mol. The number of rotatable bonds is 5. The highest BCUT2D eigenvalue weighted by atomic mass is 32.2. The Morgan fingerprint density at radius 2 is 2.12 bits per heavy atom. The van der Waals surface area contributed by atoms with Gasteiger partial charge in [0.05, 0.1) is 0 Å². The molecule has 1 fully saturated rings. The van der Waals surface area contributed by atoms with Crippen molar-refractivity contribution in [1.29, 1.82) is 0 Å². The number of aliphatic carboxylic acids is 1. The van der Waals surface area contributed by atoms with E-state index in [1.54, 1.807) is 11.8 Å². The van der Waals surface area contributed by atoms with Gasteiger partial charge >= 0.3 is 12.0 Å². The molecule has 1 aliphatic heterocycles. The molecule has 0 spiro atoms. The summed E-state index contributed by atoms with van der Waals surface area (Å²) in [6.45, 7) is 2.67. The fraction of sp³-hybridized carbons (Fsp3) is 0.700. The molecule has 3 amide bonds. The molecule has 1 heterocycles. The summed E-state index contributed by atoms with van der Waals surface area (Å²) in [5.74, 6) is -0.930. The number of nitrogens with one attached hydrogen (secondary N) is 1. The van der Waals surface area contributed by atoms with Gasteiger partial charge in [-0.15, -0.1) is 0 Å². The van der Waals surface area contributed by atoms with Gasteiger partial charge in [-0.2, -0.15) is 11.8 Å². The molecule has 96 valence electrons. The summed E-state index contributed by atoms with van der Waals surface area (Å²) in [4.78, 5) is 35.4. The average molecular weight is 260 g/mol. The highest BCUT2D eigenvalue weighted by Crippen LogP contribution is 2.22. The SMILES string of the molecule is CSCCC1NC(=O)N(C(C)(C)C(=O)O)C1=O. The minimum Gasteiger partial charge on any atom is -0.480 e. The summed E-state index contributed by atoms with van der Waals surface area (Å²) in [6.07, 6.45) is 2.41. The van der Waals surface area contributed by atoms with Gasteiger partial charge in [0.15, 0.2) is 0 Å². The molecule has 7 heteroatoms. The van der Waals surface area contributed by atoms with Gasteiger partial charge in [0.2, 0.25) is 0 Å². The first-order valence-corrected chi connectivity index (χ1v) is 6.58. The van der Waals surface area contributed by atoms with Crippen molar-refractivity contribution in [2.45, 2.75) is 31.8 Å². The van der Waals surface area contributed by atoms with E-state index in [2.05, 4.69) is 5.32 Å². The van der Waals surface area contributed by atoms with E-state index in [1.807, 2.05) is 6.26 Å². The molecular formula is C10H16N2O4S. The smallest absolute Gasteiger partial charge is 0.329 e. The van der Waals surface area contributed by atoms with Crippen LogP contribution in [0.3, 0.4) is 0 Å². The largest absolute Gasteiger partial charge is 0.480 e. The van der Waals surface area contributed by atoms with Gasteiger partial charge in [-0.25, -0.2) is 14.5 Å². The van der Waals surface area contributed by atoms with Gasteiger partial charge in [-0.05, 0) is 32.3 Å². The number of hydrogen-bond acceptors (Lipinski definition) is 4. The van der Waals surface area contributed by atoms with Crippen LogP contribution in [0.15, 0.2) is 0 Å². The number of carboxylic acid groups (broad SMARTS) is 1. The molecule has 1 unspecified atom stereocenters. The molecule has 2 N–H and O–H groups in total. The molecule has 0 bridgehead atoms. The lowest BCUT2D eigenvalue weighted by molar-refractivity contribution is -0.152. The number of imide groups is 1. The molecule has 0 aliphatic carbocycles. The summed E-state index contributed by atoms with van der Waals surface area (Å²) in [5.41, 5.74) is -1.52. The summed E-state index contributed by atoms with van der Waals surface area (Å²) in [5, 5.41) is 11.5. The number of amides is 3. The quantitative estimate of drug-likeness (QED) is 0.704. The molecular weight excluding hydrogens is 244 g/mol. The molecule has 0 saturated carbocycles. The maximum Gasteiger partial charge on any atom is 0.329 e. The van der Waals surface area contributed by atoms with Crippen LogP contribution in [0.25, 0.3) is 0 Å². The third-order valence-electron chi connectivity index (χ3n) is 2.71. The Labute approximate surface area is 104 Å². The summed E-state index contributed by atoms with van der Waals surface area (Å²) < 4.78 is 0. The van der Waals surface area contributed by atoms with Crippen LogP contribution in [0, 0.1) is 0 Å². The van der Waals surface area contributed by atoms with Gasteiger partial charge in [-0.3, -0.25) is 4.79 Å². The van der Waals surface area contributed by atoms with E-state index in [-0.39, 0.29) is 0 Å². The number of carbonyl (C=O) groups is 3. The number of hydrogen-bond donors (Lipinski definition) is 2. The lowest BCUT2D eigenvalue weighted by Gasteiger charge is -2.28. The van der Waals surface area contributed by atoms with Crippen molar-refractivity contribution in [3.05, 3.63) is 0 Å². The highest BCUT2D eigenvalue weighted by molar-refractivity contribution is 7.98. The average Bonchev–Trinajstić information content (AvgIpc) is 2.51. The molecule has 0 radical (unpaired) electrons. The molecule has 0 aromatic heterocycles. The number of urea groups is 1. The number of carbonyl (C=O) groups excluding carboxylic acids is 2. The van der Waals surface area contributed by atoms with Crippen molar-refractivity contribution in [3.8, 4) is 0 Å². The maximum absolute atomic E-state index is 11.9. The van der Waals surface area contributed by atoms with Gasteiger partial charge in [0.1, 0.15) is 11.6 Å². The first kappa shape index (κ1) is 13.8. The molecule has 6 nitrogen and oxygen atoms in total. The summed E-state index contributed by atoms with van der Waals surface area (Å²) in [6, 6.07) is -1.23. The maximum atomic E-state index is 11.9. The van der Waals surface area contributed by atoms with Crippen molar-refractivity contribution >= 4 is 29.7 Å². The Morgan fingerprint density at radius 3 is 2.59 bits per heavy atom. The first-order chi connectivity index (χ1) is 7.82. The van der Waals surface area contributed by atoms with E-state index < -0.39 is 29.5 Å². The second-order valence-electron chi connectivity index (χ2n) is 4.32. The first-order valence-electron chi connectivity index (χ1n) is 5.19. The highest BCUT2D eigenvalue weighted by Gasteiger charge is 2.49. The molecule has 1 saturated heterocycles. The molecule has 1 rings (SSSR count). The van der Waals surface area contributed by atoms with Crippen LogP contribution in [0.2, 0.25) is 0 Å². The van der Waals surface area contributed by atoms with E-state index in [4.69, 9.17) is 5.11 Å². The predicted octanol–water partition coefficient (Wildman–Crippen LogP) is 0.523. The van der Waals surface area contributed by atoms with Crippen LogP contribution >= 0.6 is 11.8 Å². The third kappa shape index (κ3) is 2.54. The van der Waals surface area contributed by atoms with E-state index in [0.717, 1.165) is 10.7 Å². The third-order valence-corrected chi connectivity index (χ3v) is 3.36. The minimum absolute atomic E-state index is 0.462. The standard InChI is InChI=1S/C10H16N2O4S/c1-10(2,8(14)15)12-7(13)6(4-5-17-3)11-9(12)16/h6H,4-5H2,1-3H3,(H,11,16)(H,14,15). The fourth-order valence-corrected chi connectivity index (χ4v) is 2.06. The van der Waals surface area contributed by atoms with Crippen molar-refractivity contribution in [1.82, 2.24) is 10.2 Å². The van der Waals surface area contributed by atoms with Crippen molar-refractivity contribution in [2.75, 3.05) is 12.0 Å².